The van der Waals surface area contributed by atoms with E-state index < -0.39 is 11.9 Å². The van der Waals surface area contributed by atoms with Crippen molar-refractivity contribution in [3.8, 4) is 11.5 Å². The Kier molecular flexibility index (Phi) is 4.23. The Hall–Kier alpha value is -2.09. The minimum Gasteiger partial charge on any atom is -0.507 e. The predicted octanol–water partition coefficient (Wildman–Crippen LogP) is 2.91. The van der Waals surface area contributed by atoms with Crippen LogP contribution in [0.5, 0.6) is 11.5 Å². The van der Waals surface area contributed by atoms with Gasteiger partial charge < -0.3 is 14.9 Å². The Balaban J connectivity index is 2.38. The zero-order valence-electron chi connectivity index (χ0n) is 10.0. The fraction of sp³-hybridized carbons (Fsp3) is 0. The second-order valence-electron chi connectivity index (χ2n) is 3.83. The van der Waals surface area contributed by atoms with Gasteiger partial charge in [0, 0.05) is 0 Å². The Morgan fingerprint density at radius 2 is 1.65 bits per heavy atom. The van der Waals surface area contributed by atoms with Gasteiger partial charge in [0.05, 0.1) is 3.57 Å². The van der Waals surface area contributed by atoms with Crippen LogP contribution in [0.1, 0.15) is 20.7 Å². The van der Waals surface area contributed by atoms with E-state index in [-0.39, 0.29) is 22.6 Å². The van der Waals surface area contributed by atoms with Crippen LogP contribution in [0.2, 0.25) is 0 Å². The lowest BCUT2D eigenvalue weighted by molar-refractivity contribution is 0.0680. The van der Waals surface area contributed by atoms with Gasteiger partial charge in [-0.15, -0.1) is 0 Å². The van der Waals surface area contributed by atoms with Gasteiger partial charge >= 0.3 is 11.9 Å². The summed E-state index contributed by atoms with van der Waals surface area (Å²) < 4.78 is 5.61. The molecule has 2 aromatic carbocycles. The van der Waals surface area contributed by atoms with Crippen molar-refractivity contribution in [2.75, 3.05) is 0 Å². The summed E-state index contributed by atoms with van der Waals surface area (Å²) in [5.74, 6) is -2.26. The van der Waals surface area contributed by atoms with E-state index >= 15 is 0 Å². The normalized spacial score (nSPS) is 10.1. The highest BCUT2D eigenvalue weighted by molar-refractivity contribution is 14.1. The third-order valence-corrected chi connectivity index (χ3v) is 3.37. The molecule has 0 atom stereocenters. The Morgan fingerprint density at radius 1 is 1.00 bits per heavy atom. The number of hydrogen-bond acceptors (Lipinski definition) is 4. The summed E-state index contributed by atoms with van der Waals surface area (Å²) in [7, 11) is 0. The molecule has 0 heterocycles. The lowest BCUT2D eigenvalue weighted by Crippen LogP contribution is -2.12. The van der Waals surface area contributed by atoms with Crippen molar-refractivity contribution in [2.24, 2.45) is 0 Å². The molecule has 2 aromatic rings. The molecule has 0 aliphatic rings. The maximum absolute atomic E-state index is 12.0. The predicted molar refractivity (Wildman–Crippen MR) is 79.2 cm³/mol. The Labute approximate surface area is 128 Å². The lowest BCUT2D eigenvalue weighted by atomic mass is 10.2. The van der Waals surface area contributed by atoms with Crippen LogP contribution in [0.25, 0.3) is 0 Å². The molecule has 0 bridgehead atoms. The zero-order valence-corrected chi connectivity index (χ0v) is 12.2. The molecular weight excluding hydrogens is 375 g/mol. The highest BCUT2D eigenvalue weighted by atomic mass is 127. The topological polar surface area (TPSA) is 83.8 Å². The standard InChI is InChI=1S/C14H9IO5/c15-10-6-3-5-9(13(17)18)12(10)20-14(19)8-4-1-2-7-11(8)16/h1-7,16H,(H,17,18). The van der Waals surface area contributed by atoms with E-state index in [1.807, 2.05) is 22.6 Å². The molecule has 0 amide bonds. The lowest BCUT2D eigenvalue weighted by Gasteiger charge is -2.10. The second-order valence-corrected chi connectivity index (χ2v) is 4.99. The summed E-state index contributed by atoms with van der Waals surface area (Å²) in [4.78, 5) is 23.1. The molecule has 0 radical (unpaired) electrons. The molecule has 6 heteroatoms. The molecule has 2 N–H and O–H groups in total. The number of esters is 1. The summed E-state index contributed by atoms with van der Waals surface area (Å²) in [6.45, 7) is 0. The van der Waals surface area contributed by atoms with E-state index in [2.05, 4.69) is 0 Å². The number of para-hydroxylation sites is 2. The third kappa shape index (κ3) is 2.90. The second kappa shape index (κ2) is 5.91. The molecule has 102 valence electrons. The number of ether oxygens (including phenoxy) is 1. The first kappa shape index (κ1) is 14.3. The molecule has 0 aromatic heterocycles. The summed E-state index contributed by atoms with van der Waals surface area (Å²) in [5, 5.41) is 18.7. The number of carbonyl (C=O) groups is 2. The molecule has 0 aliphatic heterocycles. The first-order valence-electron chi connectivity index (χ1n) is 5.52. The number of hydrogen-bond donors (Lipinski definition) is 2. The highest BCUT2D eigenvalue weighted by Gasteiger charge is 2.20. The van der Waals surface area contributed by atoms with Gasteiger partial charge in [-0.2, -0.15) is 0 Å². The molecule has 2 rings (SSSR count). The average molecular weight is 384 g/mol. The number of phenols is 1. The van der Waals surface area contributed by atoms with Crippen LogP contribution in [-0.4, -0.2) is 22.2 Å². The first-order valence-corrected chi connectivity index (χ1v) is 6.60. The van der Waals surface area contributed by atoms with E-state index in [1.54, 1.807) is 24.3 Å². The fourth-order valence-corrected chi connectivity index (χ4v) is 2.18. The number of aromatic carboxylic acids is 1. The van der Waals surface area contributed by atoms with E-state index in [9.17, 15) is 14.7 Å². The van der Waals surface area contributed by atoms with Crippen molar-refractivity contribution in [1.29, 1.82) is 0 Å². The summed E-state index contributed by atoms with van der Waals surface area (Å²) in [6, 6.07) is 10.4. The number of aromatic hydroxyl groups is 1. The van der Waals surface area contributed by atoms with Crippen molar-refractivity contribution in [3.63, 3.8) is 0 Å². The summed E-state index contributed by atoms with van der Waals surface area (Å²) in [6.07, 6.45) is 0. The van der Waals surface area contributed by atoms with E-state index in [0.717, 1.165) is 0 Å². The molecule has 0 saturated carbocycles. The molecule has 5 nitrogen and oxygen atoms in total. The van der Waals surface area contributed by atoms with Gasteiger partial charge in [0.25, 0.3) is 0 Å². The van der Waals surface area contributed by atoms with Gasteiger partial charge in [-0.1, -0.05) is 18.2 Å². The molecule has 0 unspecified atom stereocenters. The van der Waals surface area contributed by atoms with Gasteiger partial charge in [-0.25, -0.2) is 9.59 Å². The summed E-state index contributed by atoms with van der Waals surface area (Å²) in [5.41, 5.74) is -0.135. The monoisotopic (exact) mass is 384 g/mol. The maximum atomic E-state index is 12.0. The minimum atomic E-state index is -1.19. The molecular formula is C14H9IO5. The zero-order chi connectivity index (χ0) is 14.7. The van der Waals surface area contributed by atoms with Crippen LogP contribution < -0.4 is 4.74 Å². The van der Waals surface area contributed by atoms with Crippen LogP contribution in [-0.2, 0) is 0 Å². The van der Waals surface area contributed by atoms with Crippen LogP contribution in [0.3, 0.4) is 0 Å². The minimum absolute atomic E-state index is 0.0245. The van der Waals surface area contributed by atoms with E-state index in [0.29, 0.717) is 3.57 Å². The maximum Gasteiger partial charge on any atom is 0.347 e. The van der Waals surface area contributed by atoms with Crippen LogP contribution in [0, 0.1) is 3.57 Å². The van der Waals surface area contributed by atoms with Crippen LogP contribution in [0.4, 0.5) is 0 Å². The van der Waals surface area contributed by atoms with Crippen molar-refractivity contribution in [1.82, 2.24) is 0 Å². The fourth-order valence-electron chi connectivity index (χ4n) is 1.57. The molecule has 0 saturated heterocycles. The average Bonchev–Trinajstić information content (AvgIpc) is 2.41. The summed E-state index contributed by atoms with van der Waals surface area (Å²) >= 11 is 1.88. The Bertz CT molecular complexity index is 681. The number of carboxylic acid groups (broad SMARTS) is 1. The van der Waals surface area contributed by atoms with Gasteiger partial charge in [0.1, 0.15) is 16.9 Å². The van der Waals surface area contributed by atoms with Crippen molar-refractivity contribution in [3.05, 3.63) is 57.2 Å². The van der Waals surface area contributed by atoms with Gasteiger partial charge in [0.2, 0.25) is 0 Å². The van der Waals surface area contributed by atoms with Crippen LogP contribution >= 0.6 is 22.6 Å². The smallest absolute Gasteiger partial charge is 0.347 e. The van der Waals surface area contributed by atoms with Gasteiger partial charge in [-0.05, 0) is 46.9 Å². The molecule has 0 fully saturated rings. The van der Waals surface area contributed by atoms with E-state index in [4.69, 9.17) is 9.84 Å². The number of halogens is 1. The number of carbonyl (C=O) groups excluding carboxylic acids is 1. The SMILES string of the molecule is O=C(Oc1c(I)cccc1C(=O)O)c1ccccc1O. The number of benzene rings is 2. The molecule has 0 aliphatic carbocycles. The molecule has 20 heavy (non-hydrogen) atoms. The highest BCUT2D eigenvalue weighted by Crippen LogP contribution is 2.27. The van der Waals surface area contributed by atoms with Crippen molar-refractivity contribution in [2.45, 2.75) is 0 Å². The molecule has 0 spiro atoms. The largest absolute Gasteiger partial charge is 0.507 e. The van der Waals surface area contributed by atoms with Crippen molar-refractivity contribution >= 4 is 34.5 Å². The van der Waals surface area contributed by atoms with Gasteiger partial charge in [-0.3, -0.25) is 0 Å². The van der Waals surface area contributed by atoms with Crippen LogP contribution in [0.15, 0.2) is 42.5 Å². The number of rotatable bonds is 3. The first-order chi connectivity index (χ1) is 9.50. The quantitative estimate of drug-likeness (QED) is 0.483. The number of carboxylic acids is 1. The van der Waals surface area contributed by atoms with Gasteiger partial charge in [0.15, 0.2) is 5.75 Å². The van der Waals surface area contributed by atoms with Crippen molar-refractivity contribution < 1.29 is 24.5 Å². The third-order valence-electron chi connectivity index (χ3n) is 2.52. The van der Waals surface area contributed by atoms with E-state index in [1.165, 1.54) is 18.2 Å². The Morgan fingerprint density at radius 3 is 2.30 bits per heavy atom. The number of phenolic OH excluding ortho intramolecular Hbond substituents is 1.